The molecule has 1 rings (SSSR count). The Labute approximate surface area is 142 Å². The second-order valence-electron chi connectivity index (χ2n) is 6.22. The minimum Gasteiger partial charge on any atom is -0.393 e. The summed E-state index contributed by atoms with van der Waals surface area (Å²) in [4.78, 5) is 36.2. The van der Waals surface area contributed by atoms with Crippen molar-refractivity contribution in [2.24, 2.45) is 5.92 Å². The molecule has 0 aromatic carbocycles. The fourth-order valence-electron chi connectivity index (χ4n) is 2.43. The fraction of sp³-hybridized carbons (Fsp3) is 0.812. The first-order chi connectivity index (χ1) is 10.8. The Kier molecular flexibility index (Phi) is 8.62. The van der Waals surface area contributed by atoms with Crippen LogP contribution in [0.1, 0.15) is 46.0 Å². The van der Waals surface area contributed by atoms with Crippen LogP contribution in [0.25, 0.3) is 0 Å². The molecule has 0 radical (unpaired) electrons. The number of rotatable bonds is 10. The Hall–Kier alpha value is -1.08. The minimum absolute atomic E-state index is 0.0471. The highest BCUT2D eigenvalue weighted by Crippen LogP contribution is 2.28. The van der Waals surface area contributed by atoms with Gasteiger partial charge in [-0.15, -0.1) is 0 Å². The van der Waals surface area contributed by atoms with Gasteiger partial charge in [0.25, 0.3) is 0 Å². The third-order valence-corrected chi connectivity index (χ3v) is 4.67. The highest BCUT2D eigenvalue weighted by Gasteiger charge is 2.32. The summed E-state index contributed by atoms with van der Waals surface area (Å²) >= 11 is 1.64. The molecule has 3 N–H and O–H groups in total. The Morgan fingerprint density at radius 1 is 1.22 bits per heavy atom. The summed E-state index contributed by atoms with van der Waals surface area (Å²) in [6, 6.07) is -1.21. The van der Waals surface area contributed by atoms with Crippen molar-refractivity contribution >= 4 is 29.4 Å². The molecule has 1 aliphatic rings. The molecule has 0 saturated heterocycles. The molecular weight excluding hydrogens is 316 g/mol. The maximum absolute atomic E-state index is 12.4. The zero-order chi connectivity index (χ0) is 17.4. The van der Waals surface area contributed by atoms with Crippen molar-refractivity contribution in [3.05, 3.63) is 0 Å². The Morgan fingerprint density at radius 2 is 1.87 bits per heavy atom. The average Bonchev–Trinajstić information content (AvgIpc) is 2.39. The molecule has 0 aromatic heterocycles. The zero-order valence-corrected chi connectivity index (χ0v) is 14.9. The van der Waals surface area contributed by atoms with Crippen molar-refractivity contribution in [3.8, 4) is 0 Å². The van der Waals surface area contributed by atoms with Gasteiger partial charge in [-0.3, -0.25) is 14.4 Å². The van der Waals surface area contributed by atoms with E-state index in [2.05, 4.69) is 10.6 Å². The van der Waals surface area contributed by atoms with E-state index in [9.17, 15) is 19.5 Å². The van der Waals surface area contributed by atoms with Crippen LogP contribution >= 0.6 is 11.8 Å². The molecule has 0 bridgehead atoms. The molecule has 23 heavy (non-hydrogen) atoms. The van der Waals surface area contributed by atoms with Crippen LogP contribution < -0.4 is 10.6 Å². The fourth-order valence-corrected chi connectivity index (χ4v) is 2.90. The van der Waals surface area contributed by atoms with Crippen molar-refractivity contribution in [2.75, 3.05) is 12.0 Å². The van der Waals surface area contributed by atoms with Gasteiger partial charge in [0.2, 0.25) is 11.8 Å². The van der Waals surface area contributed by atoms with E-state index in [1.54, 1.807) is 18.7 Å². The third-order valence-electron chi connectivity index (χ3n) is 4.03. The molecule has 0 aromatic rings. The van der Waals surface area contributed by atoms with Crippen LogP contribution in [-0.2, 0) is 14.4 Å². The number of hydrogen-bond donors (Lipinski definition) is 3. The van der Waals surface area contributed by atoms with Gasteiger partial charge in [-0.25, -0.2) is 0 Å². The van der Waals surface area contributed by atoms with Gasteiger partial charge in [0.05, 0.1) is 18.6 Å². The quantitative estimate of drug-likeness (QED) is 0.546. The molecule has 6 nitrogen and oxygen atoms in total. The number of aliphatic hydroxyl groups excluding tert-OH is 1. The number of carbonyl (C=O) groups excluding carboxylic acids is 3. The number of nitrogens with one attached hydrogen (secondary N) is 2. The summed E-state index contributed by atoms with van der Waals surface area (Å²) in [6.45, 7) is 3.09. The molecule has 2 amide bonds. The van der Waals surface area contributed by atoms with E-state index in [0.29, 0.717) is 6.42 Å². The second-order valence-corrected chi connectivity index (χ2v) is 7.20. The number of carbonyl (C=O) groups is 3. The summed E-state index contributed by atoms with van der Waals surface area (Å²) in [7, 11) is 0. The van der Waals surface area contributed by atoms with E-state index >= 15 is 0 Å². The summed E-state index contributed by atoms with van der Waals surface area (Å²) < 4.78 is 0. The van der Waals surface area contributed by atoms with E-state index in [1.165, 1.54) is 6.92 Å². The van der Waals surface area contributed by atoms with E-state index in [0.717, 1.165) is 25.0 Å². The third kappa shape index (κ3) is 6.91. The van der Waals surface area contributed by atoms with Crippen LogP contribution in [0.4, 0.5) is 0 Å². The van der Waals surface area contributed by atoms with E-state index < -0.39 is 18.2 Å². The number of ketones is 1. The van der Waals surface area contributed by atoms with Crippen LogP contribution in [0.3, 0.4) is 0 Å². The Morgan fingerprint density at radius 3 is 2.35 bits per heavy atom. The number of Topliss-reactive ketones (excluding diaryl/α,β-unsaturated/α-hetero) is 1. The molecule has 3 unspecified atom stereocenters. The van der Waals surface area contributed by atoms with Crippen molar-refractivity contribution in [3.63, 3.8) is 0 Å². The maximum Gasteiger partial charge on any atom is 0.242 e. The summed E-state index contributed by atoms with van der Waals surface area (Å²) in [5.74, 6) is 0.242. The number of amides is 2. The van der Waals surface area contributed by atoms with Crippen molar-refractivity contribution < 1.29 is 19.5 Å². The van der Waals surface area contributed by atoms with Crippen molar-refractivity contribution in [1.82, 2.24) is 10.6 Å². The van der Waals surface area contributed by atoms with Gasteiger partial charge in [0.15, 0.2) is 5.78 Å². The predicted octanol–water partition coefficient (Wildman–Crippen LogP) is 0.869. The molecule has 1 fully saturated rings. The molecule has 7 heteroatoms. The van der Waals surface area contributed by atoms with Gasteiger partial charge in [0.1, 0.15) is 6.04 Å². The lowest BCUT2D eigenvalue weighted by molar-refractivity contribution is -0.133. The number of hydrogen-bond acceptors (Lipinski definition) is 5. The van der Waals surface area contributed by atoms with Crippen molar-refractivity contribution in [1.29, 1.82) is 0 Å². The molecule has 0 aliphatic heterocycles. The van der Waals surface area contributed by atoms with Crippen LogP contribution in [0.2, 0.25) is 0 Å². The lowest BCUT2D eigenvalue weighted by Gasteiger charge is -2.29. The summed E-state index contributed by atoms with van der Waals surface area (Å²) in [5.41, 5.74) is 0. The number of thioether (sulfide) groups is 1. The highest BCUT2D eigenvalue weighted by atomic mass is 32.2. The van der Waals surface area contributed by atoms with Gasteiger partial charge >= 0.3 is 0 Å². The lowest BCUT2D eigenvalue weighted by atomic mass is 9.79. The topological polar surface area (TPSA) is 95.5 Å². The van der Waals surface area contributed by atoms with Crippen molar-refractivity contribution in [2.45, 2.75) is 64.1 Å². The first-order valence-electron chi connectivity index (χ1n) is 8.15. The highest BCUT2D eigenvalue weighted by molar-refractivity contribution is 7.98. The Bertz CT molecular complexity index is 424. The standard InChI is InChI=1S/C16H28N2O4S/c1-10(19)9-14(20)17-11(2)16(22)18-13(7-8-23-3)15(21)12-5-4-6-12/h10-13,19H,4-9H2,1-3H3,(H,17,20)(H,18,22). The monoisotopic (exact) mass is 344 g/mol. The largest absolute Gasteiger partial charge is 0.393 e. The smallest absolute Gasteiger partial charge is 0.242 e. The van der Waals surface area contributed by atoms with Gasteiger partial charge < -0.3 is 15.7 Å². The summed E-state index contributed by atoms with van der Waals surface area (Å²) in [5, 5.41) is 14.5. The molecule has 3 atom stereocenters. The van der Waals surface area contributed by atoms with Gasteiger partial charge in [-0.2, -0.15) is 11.8 Å². The Balaban J connectivity index is 2.53. The second kappa shape index (κ2) is 9.93. The summed E-state index contributed by atoms with van der Waals surface area (Å²) in [6.07, 6.45) is 4.66. The van der Waals surface area contributed by atoms with E-state index in [1.807, 2.05) is 6.26 Å². The van der Waals surface area contributed by atoms with Crippen LogP contribution in [0, 0.1) is 5.92 Å². The molecular formula is C16H28N2O4S. The normalized spacial score (nSPS) is 18.4. The predicted molar refractivity (Wildman–Crippen MR) is 91.2 cm³/mol. The lowest BCUT2D eigenvalue weighted by Crippen LogP contribution is -2.52. The SMILES string of the molecule is CSCCC(NC(=O)C(C)NC(=O)CC(C)O)C(=O)C1CCC1. The minimum atomic E-state index is -0.750. The molecule has 1 aliphatic carbocycles. The van der Waals surface area contributed by atoms with Gasteiger partial charge in [0, 0.05) is 5.92 Å². The molecule has 0 heterocycles. The zero-order valence-electron chi connectivity index (χ0n) is 14.1. The van der Waals surface area contributed by atoms with Crippen LogP contribution in [0.15, 0.2) is 0 Å². The molecule has 132 valence electrons. The van der Waals surface area contributed by atoms with Crippen LogP contribution in [-0.4, -0.2) is 52.9 Å². The molecule has 1 saturated carbocycles. The van der Waals surface area contributed by atoms with Crippen LogP contribution in [0.5, 0.6) is 0 Å². The van der Waals surface area contributed by atoms with Gasteiger partial charge in [-0.1, -0.05) is 6.42 Å². The average molecular weight is 344 g/mol. The first kappa shape index (κ1) is 20.0. The number of aliphatic hydroxyl groups is 1. The van der Waals surface area contributed by atoms with E-state index in [-0.39, 0.29) is 29.9 Å². The first-order valence-corrected chi connectivity index (χ1v) is 9.55. The van der Waals surface area contributed by atoms with E-state index in [4.69, 9.17) is 0 Å². The van der Waals surface area contributed by atoms with Gasteiger partial charge in [-0.05, 0) is 45.1 Å². The molecule has 0 spiro atoms. The maximum atomic E-state index is 12.4.